The predicted octanol–water partition coefficient (Wildman–Crippen LogP) is 10.3. The number of nitrogen functional groups attached to an aromatic ring is 2. The van der Waals surface area contributed by atoms with Crippen LogP contribution in [0.5, 0.6) is 0 Å². The molecule has 6 heteroatoms. The Hall–Kier alpha value is -6.92. The van der Waals surface area contributed by atoms with Gasteiger partial charge in [-0.1, -0.05) is 109 Å². The van der Waals surface area contributed by atoms with Crippen LogP contribution in [0.4, 0.5) is 11.4 Å². The monoisotopic (exact) mass is 644 g/mol. The summed E-state index contributed by atoms with van der Waals surface area (Å²) in [4.78, 5) is 13.7. The summed E-state index contributed by atoms with van der Waals surface area (Å²) in [6.45, 7) is 0. The number of hydrogen-bond acceptors (Lipinski definition) is 4. The molecule has 3 aromatic heterocycles. The van der Waals surface area contributed by atoms with Crippen molar-refractivity contribution in [3.8, 4) is 39.1 Å². The van der Waals surface area contributed by atoms with E-state index in [0.717, 1.165) is 72.5 Å². The number of fused-ring (bicyclic) bond motifs is 8. The smallest absolute Gasteiger partial charge is 0.0888 e. The number of hydrogen-bond donors (Lipinski definition) is 3. The number of nitrogens with zero attached hydrogens (tertiary/aromatic N) is 3. The molecule has 0 saturated heterocycles. The van der Waals surface area contributed by atoms with Crippen molar-refractivity contribution in [3.05, 3.63) is 162 Å². The van der Waals surface area contributed by atoms with Crippen molar-refractivity contribution >= 4 is 57.7 Å². The van der Waals surface area contributed by atoms with Crippen LogP contribution in [-0.4, -0.2) is 19.5 Å². The van der Waals surface area contributed by atoms with Crippen molar-refractivity contribution in [2.75, 3.05) is 11.5 Å². The zero-order valence-electron chi connectivity index (χ0n) is 27.1. The molecule has 238 valence electrons. The fourth-order valence-corrected chi connectivity index (χ4v) is 6.99. The third kappa shape index (κ3) is 4.90. The minimum atomic E-state index is 0.534. The van der Waals surface area contributed by atoms with Crippen LogP contribution in [0.2, 0.25) is 0 Å². The number of H-pyrrole nitrogens is 1. The second-order valence-corrected chi connectivity index (χ2v) is 12.4. The van der Waals surface area contributed by atoms with Crippen molar-refractivity contribution in [1.29, 1.82) is 0 Å². The molecule has 50 heavy (non-hydrogen) atoms. The number of nitrogens with two attached hydrogens (primary N) is 2. The molecule has 0 fully saturated rings. The van der Waals surface area contributed by atoms with E-state index in [2.05, 4.69) is 131 Å². The minimum Gasteiger partial charge on any atom is -0.395 e. The molecule has 6 nitrogen and oxygen atoms in total. The minimum absolute atomic E-state index is 0.534. The molecular formula is C44H32N6. The van der Waals surface area contributed by atoms with Gasteiger partial charge in [0.2, 0.25) is 0 Å². The fraction of sp³-hybridized carbons (Fsp3) is 0. The zero-order valence-corrected chi connectivity index (χ0v) is 27.1. The molecule has 0 radical (unpaired) electrons. The van der Waals surface area contributed by atoms with Crippen LogP contribution in [0.1, 0.15) is 22.8 Å². The normalized spacial score (nSPS) is 12.0. The largest absolute Gasteiger partial charge is 0.395 e. The lowest BCUT2D eigenvalue weighted by Crippen LogP contribution is -1.97. The SMILES string of the molecule is Nc1c2nc(cc3c(-c4ccccc4)c(-c4ccccc4)c(c(-c4ccccc4)c4nc(c(N)c5ccc1[nH]5)C=C4)n3-c1ccccc1)C=C2. The molecule has 8 bridgehead atoms. The van der Waals surface area contributed by atoms with Gasteiger partial charge in [-0.25, -0.2) is 9.97 Å². The van der Waals surface area contributed by atoms with Crippen LogP contribution in [0.15, 0.2) is 140 Å². The van der Waals surface area contributed by atoms with E-state index >= 15 is 0 Å². The van der Waals surface area contributed by atoms with Gasteiger partial charge >= 0.3 is 0 Å². The van der Waals surface area contributed by atoms with Crippen LogP contribution < -0.4 is 11.5 Å². The summed E-state index contributed by atoms with van der Waals surface area (Å²) < 4.78 is 2.36. The van der Waals surface area contributed by atoms with Crippen molar-refractivity contribution in [2.45, 2.75) is 0 Å². The summed E-state index contributed by atoms with van der Waals surface area (Å²) in [5, 5.41) is 0. The Morgan fingerprint density at radius 1 is 0.460 bits per heavy atom. The first-order valence-corrected chi connectivity index (χ1v) is 16.6. The van der Waals surface area contributed by atoms with Gasteiger partial charge in [0, 0.05) is 22.4 Å². The third-order valence-corrected chi connectivity index (χ3v) is 9.31. The molecule has 7 aromatic rings. The molecule has 2 aliphatic rings. The molecule has 0 spiro atoms. The van der Waals surface area contributed by atoms with Gasteiger partial charge in [-0.15, -0.1) is 0 Å². The number of aromatic amines is 1. The molecule has 0 atom stereocenters. The number of aromatic nitrogens is 4. The van der Waals surface area contributed by atoms with Crippen molar-refractivity contribution in [3.63, 3.8) is 0 Å². The van der Waals surface area contributed by atoms with E-state index in [-0.39, 0.29) is 0 Å². The van der Waals surface area contributed by atoms with Crippen LogP contribution in [0.25, 0.3) is 85.4 Å². The predicted molar refractivity (Wildman–Crippen MR) is 209 cm³/mol. The Kier molecular flexibility index (Phi) is 6.99. The summed E-state index contributed by atoms with van der Waals surface area (Å²) in [6, 6.07) is 48.3. The van der Waals surface area contributed by atoms with Crippen LogP contribution >= 0.6 is 0 Å². The fourth-order valence-electron chi connectivity index (χ4n) is 6.99. The molecule has 0 amide bonds. The summed E-state index contributed by atoms with van der Waals surface area (Å²) >= 11 is 0. The van der Waals surface area contributed by atoms with Gasteiger partial charge in [0.15, 0.2) is 0 Å². The molecule has 4 aromatic carbocycles. The second-order valence-electron chi connectivity index (χ2n) is 12.4. The van der Waals surface area contributed by atoms with Gasteiger partial charge in [0.25, 0.3) is 0 Å². The van der Waals surface area contributed by atoms with E-state index in [4.69, 9.17) is 21.4 Å². The average molecular weight is 645 g/mol. The van der Waals surface area contributed by atoms with Crippen LogP contribution in [0, 0.1) is 0 Å². The zero-order chi connectivity index (χ0) is 33.6. The van der Waals surface area contributed by atoms with E-state index in [1.54, 1.807) is 0 Å². The molecule has 0 aliphatic carbocycles. The maximum Gasteiger partial charge on any atom is 0.0888 e. The highest BCUT2D eigenvalue weighted by atomic mass is 15.0. The Balaban J connectivity index is 1.63. The number of benzene rings is 4. The standard InChI is InChI=1S/C44H32N6/c45-42-34-22-21-31(47-34)27-38-40(29-15-7-2-8-16-29)41(30-17-9-3-10-18-30)44(50(38)32-19-11-4-12-20-32)39(28-13-5-1-6-14-28)33-23-24-35(48-33)43(46)37-26-25-36(42)49-37/h1-27,49H,45-46H2. The lowest BCUT2D eigenvalue weighted by atomic mass is 9.93. The number of nitrogens with one attached hydrogen (secondary N) is 1. The molecule has 2 aliphatic heterocycles. The Labute approximate surface area is 289 Å². The summed E-state index contributed by atoms with van der Waals surface area (Å²) in [7, 11) is 0. The lowest BCUT2D eigenvalue weighted by Gasteiger charge is -2.13. The van der Waals surface area contributed by atoms with Crippen LogP contribution in [-0.2, 0) is 0 Å². The summed E-state index contributed by atoms with van der Waals surface area (Å²) in [5.41, 5.74) is 28.5. The van der Waals surface area contributed by atoms with E-state index in [1.807, 2.05) is 42.5 Å². The second kappa shape index (κ2) is 12.0. The Bertz CT molecular complexity index is 2630. The Morgan fingerprint density at radius 3 is 1.54 bits per heavy atom. The Morgan fingerprint density at radius 2 is 0.940 bits per heavy atom. The quantitative estimate of drug-likeness (QED) is 0.178. The first-order chi connectivity index (χ1) is 24.6. The average Bonchev–Trinajstić information content (AvgIpc) is 4.00. The maximum absolute atomic E-state index is 6.83. The van der Waals surface area contributed by atoms with Crippen molar-refractivity contribution in [2.24, 2.45) is 0 Å². The number of rotatable bonds is 4. The van der Waals surface area contributed by atoms with Gasteiger partial charge in [-0.2, -0.15) is 0 Å². The molecule has 9 rings (SSSR count). The highest BCUT2D eigenvalue weighted by Crippen LogP contribution is 2.47. The highest BCUT2D eigenvalue weighted by molar-refractivity contribution is 6.11. The van der Waals surface area contributed by atoms with Crippen molar-refractivity contribution < 1.29 is 0 Å². The lowest BCUT2D eigenvalue weighted by molar-refractivity contribution is 1.17. The molecule has 5 heterocycles. The van der Waals surface area contributed by atoms with Crippen LogP contribution in [0.3, 0.4) is 0 Å². The third-order valence-electron chi connectivity index (χ3n) is 9.31. The molecule has 0 unspecified atom stereocenters. The number of anilines is 2. The van der Waals surface area contributed by atoms with Gasteiger partial charge in [-0.3, -0.25) is 0 Å². The van der Waals surface area contributed by atoms with Gasteiger partial charge in [0.1, 0.15) is 0 Å². The van der Waals surface area contributed by atoms with Gasteiger partial charge in [0.05, 0.1) is 56.2 Å². The summed E-state index contributed by atoms with van der Waals surface area (Å²) in [6.07, 6.45) is 8.05. The van der Waals surface area contributed by atoms with E-state index in [9.17, 15) is 0 Å². The van der Waals surface area contributed by atoms with Crippen molar-refractivity contribution in [1.82, 2.24) is 19.5 Å². The van der Waals surface area contributed by atoms with Gasteiger partial charge < -0.3 is 21.0 Å². The first-order valence-electron chi connectivity index (χ1n) is 16.6. The molecule has 5 N–H and O–H groups in total. The molecular weight excluding hydrogens is 613 g/mol. The molecule has 0 saturated carbocycles. The van der Waals surface area contributed by atoms with E-state index in [1.165, 1.54) is 0 Å². The highest BCUT2D eigenvalue weighted by Gasteiger charge is 2.25. The maximum atomic E-state index is 6.83. The number of para-hydroxylation sites is 1. The summed E-state index contributed by atoms with van der Waals surface area (Å²) in [5.74, 6) is 0. The first kappa shape index (κ1) is 29.2. The van der Waals surface area contributed by atoms with E-state index < -0.39 is 0 Å². The van der Waals surface area contributed by atoms with E-state index in [0.29, 0.717) is 22.8 Å². The topological polar surface area (TPSA) is 98.5 Å². The van der Waals surface area contributed by atoms with Gasteiger partial charge in [-0.05, 0) is 71.3 Å².